The van der Waals surface area contributed by atoms with E-state index in [1.165, 1.54) is 16.0 Å². The molecule has 0 bridgehead atoms. The fourth-order valence-electron chi connectivity index (χ4n) is 1.98. The highest BCUT2D eigenvalue weighted by Gasteiger charge is 2.10. The Morgan fingerprint density at radius 2 is 2.24 bits per heavy atom. The van der Waals surface area contributed by atoms with Crippen molar-refractivity contribution in [2.24, 2.45) is 5.92 Å². The highest BCUT2D eigenvalue weighted by molar-refractivity contribution is 7.09. The predicted molar refractivity (Wildman–Crippen MR) is 74.9 cm³/mol. The molecule has 0 radical (unpaired) electrons. The molecule has 1 aromatic carbocycles. The van der Waals surface area contributed by atoms with E-state index in [1.807, 2.05) is 11.7 Å². The molecule has 1 unspecified atom stereocenters. The number of hydrogen-bond donors (Lipinski definition) is 0. The summed E-state index contributed by atoms with van der Waals surface area (Å²) in [6.45, 7) is 2.13. The second-order valence-corrected chi connectivity index (χ2v) is 5.66. The molecule has 0 aliphatic rings. The highest BCUT2D eigenvalue weighted by Crippen LogP contribution is 2.19. The third-order valence-corrected chi connectivity index (χ3v) is 4.04. The quantitative estimate of drug-likeness (QED) is 0.742. The van der Waals surface area contributed by atoms with E-state index in [0.717, 1.165) is 12.8 Å². The minimum absolute atomic E-state index is 0.499. The van der Waals surface area contributed by atoms with E-state index in [4.69, 9.17) is 11.6 Å². The molecule has 2 aromatic rings. The molecule has 1 atom stereocenters. The van der Waals surface area contributed by atoms with Gasteiger partial charge in [0.15, 0.2) is 0 Å². The van der Waals surface area contributed by atoms with Crippen LogP contribution in [0.3, 0.4) is 0 Å². The lowest BCUT2D eigenvalue weighted by atomic mass is 9.96. The summed E-state index contributed by atoms with van der Waals surface area (Å²) in [6.07, 6.45) is 4.02. The standard InChI is InChI=1S/C14H16ClNS/c1-11-3-2-4-12(5-11)6-13(8-15)7-14-9-16-10-17-14/h2-5,9-10,13H,6-8H2,1H3. The summed E-state index contributed by atoms with van der Waals surface area (Å²) in [4.78, 5) is 5.43. The highest BCUT2D eigenvalue weighted by atomic mass is 35.5. The van der Waals surface area contributed by atoms with Crippen molar-refractivity contribution in [3.63, 3.8) is 0 Å². The third-order valence-electron chi connectivity index (χ3n) is 2.80. The summed E-state index contributed by atoms with van der Waals surface area (Å²) in [5.74, 6) is 1.20. The molecule has 0 saturated carbocycles. The lowest BCUT2D eigenvalue weighted by molar-refractivity contribution is 0.588. The Kier molecular flexibility index (Phi) is 4.57. The third kappa shape index (κ3) is 3.83. The molecule has 0 N–H and O–H groups in total. The Morgan fingerprint density at radius 1 is 1.35 bits per heavy atom. The topological polar surface area (TPSA) is 12.9 Å². The zero-order valence-electron chi connectivity index (χ0n) is 9.90. The van der Waals surface area contributed by atoms with Crippen LogP contribution in [0.25, 0.3) is 0 Å². The number of alkyl halides is 1. The molecule has 3 heteroatoms. The van der Waals surface area contributed by atoms with Crippen LogP contribution in [-0.4, -0.2) is 10.9 Å². The Hall–Kier alpha value is -0.860. The van der Waals surface area contributed by atoms with Crippen LogP contribution in [0.1, 0.15) is 16.0 Å². The van der Waals surface area contributed by atoms with E-state index in [0.29, 0.717) is 11.8 Å². The van der Waals surface area contributed by atoms with Gasteiger partial charge in [0.1, 0.15) is 0 Å². The van der Waals surface area contributed by atoms with Crippen LogP contribution in [0, 0.1) is 12.8 Å². The number of aromatic nitrogens is 1. The van der Waals surface area contributed by atoms with Crippen molar-refractivity contribution in [3.8, 4) is 0 Å². The molecular weight excluding hydrogens is 250 g/mol. The summed E-state index contributed by atoms with van der Waals surface area (Å²) < 4.78 is 0. The Labute approximate surface area is 111 Å². The van der Waals surface area contributed by atoms with E-state index >= 15 is 0 Å². The molecule has 0 fully saturated rings. The van der Waals surface area contributed by atoms with Crippen LogP contribution < -0.4 is 0 Å². The van der Waals surface area contributed by atoms with E-state index < -0.39 is 0 Å². The first-order valence-corrected chi connectivity index (χ1v) is 7.18. The summed E-state index contributed by atoms with van der Waals surface area (Å²) in [6, 6.07) is 8.66. The normalized spacial score (nSPS) is 12.6. The van der Waals surface area contributed by atoms with Crippen LogP contribution in [-0.2, 0) is 12.8 Å². The average Bonchev–Trinajstić information content (AvgIpc) is 2.81. The molecule has 0 saturated heterocycles. The lowest BCUT2D eigenvalue weighted by Gasteiger charge is -2.13. The van der Waals surface area contributed by atoms with Crippen molar-refractivity contribution in [3.05, 3.63) is 52.0 Å². The Bertz CT molecular complexity index is 453. The van der Waals surface area contributed by atoms with Gasteiger partial charge in [-0.2, -0.15) is 0 Å². The molecular formula is C14H16ClNS. The number of rotatable bonds is 5. The van der Waals surface area contributed by atoms with Crippen LogP contribution in [0.2, 0.25) is 0 Å². The summed E-state index contributed by atoms with van der Waals surface area (Å²) in [5.41, 5.74) is 4.57. The Morgan fingerprint density at radius 3 is 2.88 bits per heavy atom. The van der Waals surface area contributed by atoms with Crippen LogP contribution in [0.4, 0.5) is 0 Å². The monoisotopic (exact) mass is 265 g/mol. The molecule has 90 valence electrons. The smallest absolute Gasteiger partial charge is 0.0794 e. The van der Waals surface area contributed by atoms with Gasteiger partial charge in [-0.1, -0.05) is 29.8 Å². The summed E-state index contributed by atoms with van der Waals surface area (Å²) in [7, 11) is 0. The van der Waals surface area contributed by atoms with Crippen molar-refractivity contribution in [2.45, 2.75) is 19.8 Å². The zero-order valence-corrected chi connectivity index (χ0v) is 11.5. The number of benzene rings is 1. The van der Waals surface area contributed by atoms with E-state index in [1.54, 1.807) is 11.3 Å². The molecule has 0 spiro atoms. The van der Waals surface area contributed by atoms with Gasteiger partial charge in [-0.15, -0.1) is 22.9 Å². The van der Waals surface area contributed by atoms with E-state index in [2.05, 4.69) is 36.2 Å². The number of halogens is 1. The molecule has 0 amide bonds. The van der Waals surface area contributed by atoms with Crippen LogP contribution in [0.15, 0.2) is 36.0 Å². The minimum atomic E-state index is 0.499. The SMILES string of the molecule is Cc1cccc(CC(CCl)Cc2cncs2)c1. The Balaban J connectivity index is 2.00. The fraction of sp³-hybridized carbons (Fsp3) is 0.357. The van der Waals surface area contributed by atoms with Crippen LogP contribution in [0.5, 0.6) is 0 Å². The van der Waals surface area contributed by atoms with Crippen molar-refractivity contribution in [1.82, 2.24) is 4.98 Å². The largest absolute Gasteiger partial charge is 0.253 e. The van der Waals surface area contributed by atoms with Crippen molar-refractivity contribution in [2.75, 3.05) is 5.88 Å². The van der Waals surface area contributed by atoms with Gasteiger partial charge in [0.2, 0.25) is 0 Å². The number of aryl methyl sites for hydroxylation is 1. The maximum Gasteiger partial charge on any atom is 0.0794 e. The number of nitrogens with zero attached hydrogens (tertiary/aromatic N) is 1. The molecule has 2 rings (SSSR count). The first-order chi connectivity index (χ1) is 8.28. The molecule has 0 aliphatic carbocycles. The molecule has 1 aromatic heterocycles. The van der Waals surface area contributed by atoms with Crippen molar-refractivity contribution in [1.29, 1.82) is 0 Å². The van der Waals surface area contributed by atoms with Gasteiger partial charge >= 0.3 is 0 Å². The van der Waals surface area contributed by atoms with E-state index in [9.17, 15) is 0 Å². The molecule has 1 nitrogen and oxygen atoms in total. The predicted octanol–water partition coefficient (Wildman–Crippen LogP) is 4.09. The molecule has 0 aliphatic heterocycles. The minimum Gasteiger partial charge on any atom is -0.253 e. The van der Waals surface area contributed by atoms with Gasteiger partial charge in [-0.05, 0) is 31.2 Å². The molecule has 17 heavy (non-hydrogen) atoms. The van der Waals surface area contributed by atoms with Gasteiger partial charge < -0.3 is 0 Å². The van der Waals surface area contributed by atoms with Crippen LogP contribution >= 0.6 is 22.9 Å². The fourth-order valence-corrected chi connectivity index (χ4v) is 2.91. The first kappa shape index (κ1) is 12.6. The molecule has 1 heterocycles. The number of thiazole rings is 1. The van der Waals surface area contributed by atoms with Gasteiger partial charge in [0.05, 0.1) is 5.51 Å². The lowest BCUT2D eigenvalue weighted by Crippen LogP contribution is -2.09. The second kappa shape index (κ2) is 6.18. The summed E-state index contributed by atoms with van der Waals surface area (Å²) >= 11 is 7.77. The maximum absolute atomic E-state index is 6.06. The van der Waals surface area contributed by atoms with Crippen molar-refractivity contribution < 1.29 is 0 Å². The maximum atomic E-state index is 6.06. The summed E-state index contributed by atoms with van der Waals surface area (Å²) in [5, 5.41) is 0. The van der Waals surface area contributed by atoms with Crippen molar-refractivity contribution >= 4 is 22.9 Å². The average molecular weight is 266 g/mol. The first-order valence-electron chi connectivity index (χ1n) is 5.77. The van der Waals surface area contributed by atoms with Gasteiger partial charge in [0, 0.05) is 17.0 Å². The van der Waals surface area contributed by atoms with Gasteiger partial charge in [-0.25, -0.2) is 0 Å². The van der Waals surface area contributed by atoms with Gasteiger partial charge in [-0.3, -0.25) is 4.98 Å². The zero-order chi connectivity index (χ0) is 12.1. The van der Waals surface area contributed by atoms with E-state index in [-0.39, 0.29) is 0 Å². The second-order valence-electron chi connectivity index (χ2n) is 4.39. The van der Waals surface area contributed by atoms with Gasteiger partial charge in [0.25, 0.3) is 0 Å². The number of hydrogen-bond acceptors (Lipinski definition) is 2.